The molecule has 4 nitrogen and oxygen atoms in total. The Morgan fingerprint density at radius 2 is 1.68 bits per heavy atom. The smallest absolute Gasteiger partial charge is 0.410 e. The topological polar surface area (TPSA) is 38.8 Å². The molecule has 0 saturated carbocycles. The number of hydrogen-bond donors (Lipinski definition) is 0. The van der Waals surface area contributed by atoms with Gasteiger partial charge in [0, 0.05) is 13.6 Å². The first-order valence-electron chi connectivity index (χ1n) is 8.53. The molecule has 1 amide bonds. The lowest BCUT2D eigenvalue weighted by Gasteiger charge is -2.24. The van der Waals surface area contributed by atoms with Gasteiger partial charge in [-0.1, -0.05) is 42.5 Å². The second-order valence-electron chi connectivity index (χ2n) is 7.07. The van der Waals surface area contributed by atoms with Gasteiger partial charge >= 0.3 is 6.09 Å². The van der Waals surface area contributed by atoms with Gasteiger partial charge in [-0.2, -0.15) is 0 Å². The Bertz CT molecular complexity index is 677. The van der Waals surface area contributed by atoms with Gasteiger partial charge in [0.15, 0.2) is 0 Å². The number of amides is 1. The fourth-order valence-electron chi connectivity index (χ4n) is 2.26. The van der Waals surface area contributed by atoms with Gasteiger partial charge in [0.25, 0.3) is 0 Å². The molecule has 0 atom stereocenters. The number of carbonyl (C=O) groups is 1. The lowest BCUT2D eigenvalue weighted by Crippen LogP contribution is -2.35. The first-order chi connectivity index (χ1) is 11.8. The van der Waals surface area contributed by atoms with Gasteiger partial charge in [0.05, 0.1) is 0 Å². The summed E-state index contributed by atoms with van der Waals surface area (Å²) in [7, 11) is 1.75. The van der Waals surface area contributed by atoms with Crippen LogP contribution in [0.4, 0.5) is 4.79 Å². The maximum atomic E-state index is 12.0. The standard InChI is InChI=1S/C21H27NO3/c1-21(2,3)25-20(23)22(4)14-13-17-11-8-12-19(15-17)24-16-18-9-6-5-7-10-18/h5-12,15H,13-14,16H2,1-4H3. The molecular formula is C21H27NO3. The molecule has 0 saturated heterocycles. The van der Waals surface area contributed by atoms with Gasteiger partial charge in [-0.25, -0.2) is 4.79 Å². The lowest BCUT2D eigenvalue weighted by atomic mass is 10.1. The Labute approximate surface area is 150 Å². The predicted octanol–water partition coefficient (Wildman–Crippen LogP) is 4.68. The number of benzene rings is 2. The maximum Gasteiger partial charge on any atom is 0.410 e. The van der Waals surface area contributed by atoms with Crippen molar-refractivity contribution in [2.45, 2.75) is 39.4 Å². The normalized spacial score (nSPS) is 11.0. The van der Waals surface area contributed by atoms with Gasteiger partial charge in [-0.15, -0.1) is 0 Å². The average Bonchev–Trinajstić information content (AvgIpc) is 2.57. The summed E-state index contributed by atoms with van der Waals surface area (Å²) in [6, 6.07) is 18.1. The third-order valence-corrected chi connectivity index (χ3v) is 3.59. The molecule has 0 spiro atoms. The zero-order valence-electron chi connectivity index (χ0n) is 15.5. The summed E-state index contributed by atoms with van der Waals surface area (Å²) in [6.45, 7) is 6.74. The quantitative estimate of drug-likeness (QED) is 0.766. The molecule has 0 bridgehead atoms. The number of nitrogens with zero attached hydrogens (tertiary/aromatic N) is 1. The van der Waals surface area contributed by atoms with E-state index in [9.17, 15) is 4.79 Å². The molecule has 0 radical (unpaired) electrons. The van der Waals surface area contributed by atoms with Crippen molar-refractivity contribution in [3.8, 4) is 5.75 Å². The molecule has 0 N–H and O–H groups in total. The Morgan fingerprint density at radius 1 is 1.00 bits per heavy atom. The van der Waals surface area contributed by atoms with Gasteiger partial charge in [-0.3, -0.25) is 0 Å². The van der Waals surface area contributed by atoms with Crippen LogP contribution in [0, 0.1) is 0 Å². The van der Waals surface area contributed by atoms with Crippen LogP contribution in [-0.2, 0) is 17.8 Å². The molecule has 4 heteroatoms. The molecule has 0 aliphatic carbocycles. The van der Waals surface area contributed by atoms with Gasteiger partial charge in [-0.05, 0) is 50.5 Å². The minimum atomic E-state index is -0.476. The van der Waals surface area contributed by atoms with Crippen molar-refractivity contribution in [2.75, 3.05) is 13.6 Å². The summed E-state index contributed by atoms with van der Waals surface area (Å²) in [5, 5.41) is 0. The van der Waals surface area contributed by atoms with E-state index in [4.69, 9.17) is 9.47 Å². The molecule has 2 aromatic carbocycles. The first kappa shape index (κ1) is 18.8. The number of hydrogen-bond acceptors (Lipinski definition) is 3. The van der Waals surface area contributed by atoms with Crippen molar-refractivity contribution in [3.05, 3.63) is 65.7 Å². The van der Waals surface area contributed by atoms with Crippen molar-refractivity contribution >= 4 is 6.09 Å². The van der Waals surface area contributed by atoms with Crippen molar-refractivity contribution in [1.82, 2.24) is 4.90 Å². The number of ether oxygens (including phenoxy) is 2. The highest BCUT2D eigenvalue weighted by Crippen LogP contribution is 2.16. The zero-order valence-corrected chi connectivity index (χ0v) is 15.5. The van der Waals surface area contributed by atoms with Crippen LogP contribution in [0.5, 0.6) is 5.75 Å². The van der Waals surface area contributed by atoms with E-state index >= 15 is 0 Å². The van der Waals surface area contributed by atoms with E-state index in [2.05, 4.69) is 0 Å². The van der Waals surface area contributed by atoms with Crippen LogP contribution in [0.25, 0.3) is 0 Å². The Hall–Kier alpha value is -2.49. The van der Waals surface area contributed by atoms with Gasteiger partial charge in [0.2, 0.25) is 0 Å². The largest absolute Gasteiger partial charge is 0.489 e. The van der Waals surface area contributed by atoms with Crippen LogP contribution < -0.4 is 4.74 Å². The molecular weight excluding hydrogens is 314 g/mol. The highest BCUT2D eigenvalue weighted by Gasteiger charge is 2.19. The van der Waals surface area contributed by atoms with Crippen molar-refractivity contribution in [1.29, 1.82) is 0 Å². The molecule has 25 heavy (non-hydrogen) atoms. The zero-order chi connectivity index (χ0) is 18.3. The summed E-state index contributed by atoms with van der Waals surface area (Å²) in [5.41, 5.74) is 1.79. The van der Waals surface area contributed by atoms with E-state index in [-0.39, 0.29) is 6.09 Å². The molecule has 0 fully saturated rings. The summed E-state index contributed by atoms with van der Waals surface area (Å²) in [4.78, 5) is 13.6. The summed E-state index contributed by atoms with van der Waals surface area (Å²) >= 11 is 0. The minimum Gasteiger partial charge on any atom is -0.489 e. The summed E-state index contributed by atoms with van der Waals surface area (Å²) < 4.78 is 11.2. The number of carbonyl (C=O) groups excluding carboxylic acids is 1. The van der Waals surface area contributed by atoms with E-state index < -0.39 is 5.60 Å². The molecule has 0 aliphatic rings. The minimum absolute atomic E-state index is 0.302. The monoisotopic (exact) mass is 341 g/mol. The molecule has 0 aromatic heterocycles. The Morgan fingerprint density at radius 3 is 2.36 bits per heavy atom. The molecule has 0 heterocycles. The van der Waals surface area contributed by atoms with E-state index in [1.165, 1.54) is 0 Å². The second kappa shape index (κ2) is 8.56. The van der Waals surface area contributed by atoms with Crippen LogP contribution in [0.2, 0.25) is 0 Å². The van der Waals surface area contributed by atoms with Crippen LogP contribution >= 0.6 is 0 Å². The number of rotatable bonds is 6. The van der Waals surface area contributed by atoms with E-state index in [1.807, 2.05) is 75.4 Å². The SMILES string of the molecule is CN(CCc1cccc(OCc2ccccc2)c1)C(=O)OC(C)(C)C. The highest BCUT2D eigenvalue weighted by atomic mass is 16.6. The average molecular weight is 341 g/mol. The van der Waals surface area contributed by atoms with Gasteiger partial charge in [0.1, 0.15) is 18.0 Å². The first-order valence-corrected chi connectivity index (χ1v) is 8.53. The predicted molar refractivity (Wildman–Crippen MR) is 99.8 cm³/mol. The van der Waals surface area contributed by atoms with Crippen molar-refractivity contribution in [3.63, 3.8) is 0 Å². The molecule has 2 aromatic rings. The van der Waals surface area contributed by atoms with Crippen LogP contribution in [0.15, 0.2) is 54.6 Å². The molecule has 134 valence electrons. The number of likely N-dealkylation sites (N-methyl/N-ethyl adjacent to an activating group) is 1. The molecule has 0 unspecified atom stereocenters. The van der Waals surface area contributed by atoms with E-state index in [1.54, 1.807) is 11.9 Å². The highest BCUT2D eigenvalue weighted by molar-refractivity contribution is 5.67. The van der Waals surface area contributed by atoms with Crippen LogP contribution in [-0.4, -0.2) is 30.2 Å². The summed E-state index contributed by atoms with van der Waals surface area (Å²) in [5.74, 6) is 0.835. The third-order valence-electron chi connectivity index (χ3n) is 3.59. The van der Waals surface area contributed by atoms with E-state index in [0.717, 1.165) is 23.3 Å². The third kappa shape index (κ3) is 6.87. The molecule has 2 rings (SSSR count). The van der Waals surface area contributed by atoms with Crippen molar-refractivity contribution < 1.29 is 14.3 Å². The van der Waals surface area contributed by atoms with Crippen LogP contribution in [0.3, 0.4) is 0 Å². The Balaban J connectivity index is 1.85. The van der Waals surface area contributed by atoms with Crippen molar-refractivity contribution in [2.24, 2.45) is 0 Å². The Kier molecular flexibility index (Phi) is 6.45. The lowest BCUT2D eigenvalue weighted by molar-refractivity contribution is 0.0301. The van der Waals surface area contributed by atoms with Gasteiger partial charge < -0.3 is 14.4 Å². The second-order valence-corrected chi connectivity index (χ2v) is 7.07. The fraction of sp³-hybridized carbons (Fsp3) is 0.381. The fourth-order valence-corrected chi connectivity index (χ4v) is 2.26. The van der Waals surface area contributed by atoms with Crippen LogP contribution in [0.1, 0.15) is 31.9 Å². The summed E-state index contributed by atoms with van der Waals surface area (Å²) in [6.07, 6.45) is 0.446. The van der Waals surface area contributed by atoms with E-state index in [0.29, 0.717) is 13.2 Å². The molecule has 0 aliphatic heterocycles. The maximum absolute atomic E-state index is 12.0.